The first kappa shape index (κ1) is 16.1. The van der Waals surface area contributed by atoms with Gasteiger partial charge in [0.25, 0.3) is 0 Å². The lowest BCUT2D eigenvalue weighted by atomic mass is 10.1. The molecule has 0 aromatic rings. The zero-order chi connectivity index (χ0) is 15.1. The Kier molecular flexibility index (Phi) is 6.29. The molecule has 1 N–H and O–H groups in total. The zero-order valence-corrected chi connectivity index (χ0v) is 13.0. The third kappa shape index (κ3) is 4.88. The van der Waals surface area contributed by atoms with Gasteiger partial charge in [-0.05, 0) is 39.0 Å². The normalized spacial score (nSPS) is 20.4. The molecule has 0 saturated carbocycles. The lowest BCUT2D eigenvalue weighted by Gasteiger charge is -2.32. The summed E-state index contributed by atoms with van der Waals surface area (Å²) in [5.74, 6) is 0.211. The van der Waals surface area contributed by atoms with Gasteiger partial charge in [0.05, 0.1) is 13.2 Å². The largest absolute Gasteiger partial charge is 0.450 e. The number of amides is 2. The molecule has 2 saturated heterocycles. The first-order valence-corrected chi connectivity index (χ1v) is 8.13. The van der Waals surface area contributed by atoms with E-state index in [1.54, 1.807) is 4.90 Å². The van der Waals surface area contributed by atoms with Crippen molar-refractivity contribution >= 4 is 12.0 Å². The van der Waals surface area contributed by atoms with E-state index in [1.807, 2.05) is 11.8 Å². The fraction of sp³-hybridized carbons (Fsp3) is 0.867. The van der Waals surface area contributed by atoms with E-state index in [0.29, 0.717) is 32.3 Å². The van der Waals surface area contributed by atoms with Crippen molar-refractivity contribution in [3.05, 3.63) is 0 Å². The van der Waals surface area contributed by atoms with Gasteiger partial charge < -0.3 is 19.9 Å². The maximum Gasteiger partial charge on any atom is 0.409 e. The van der Waals surface area contributed by atoms with Gasteiger partial charge in [-0.15, -0.1) is 0 Å². The van der Waals surface area contributed by atoms with E-state index in [2.05, 4.69) is 5.32 Å². The Labute approximate surface area is 126 Å². The van der Waals surface area contributed by atoms with E-state index < -0.39 is 0 Å². The first-order valence-electron chi connectivity index (χ1n) is 8.13. The van der Waals surface area contributed by atoms with Crippen molar-refractivity contribution in [2.45, 2.75) is 45.1 Å². The van der Waals surface area contributed by atoms with Crippen LogP contribution in [-0.4, -0.2) is 67.2 Å². The Morgan fingerprint density at radius 2 is 1.71 bits per heavy atom. The average Bonchev–Trinajstić information content (AvgIpc) is 2.54. The quantitative estimate of drug-likeness (QED) is 0.847. The molecule has 2 rings (SSSR count). The van der Waals surface area contributed by atoms with Crippen molar-refractivity contribution in [1.29, 1.82) is 0 Å². The number of nitrogens with zero attached hydrogens (tertiary/aromatic N) is 2. The molecule has 2 amide bonds. The number of rotatable bonds is 4. The second kappa shape index (κ2) is 8.22. The first-order chi connectivity index (χ1) is 10.2. The minimum atomic E-state index is -0.222. The zero-order valence-electron chi connectivity index (χ0n) is 13.0. The SMILES string of the molecule is CCOC(=O)N1CCC(NCC(=O)N2CCCCC2)CC1. The standard InChI is InChI=1S/C15H27N3O3/c1-2-21-15(20)18-10-6-13(7-11-18)16-12-14(19)17-8-4-3-5-9-17/h13,16H,2-12H2,1H3. The van der Waals surface area contributed by atoms with Crippen LogP contribution in [0.3, 0.4) is 0 Å². The number of carbonyl (C=O) groups is 2. The van der Waals surface area contributed by atoms with Crippen LogP contribution in [0.15, 0.2) is 0 Å². The fourth-order valence-electron chi connectivity index (χ4n) is 2.97. The molecule has 0 aromatic carbocycles. The van der Waals surface area contributed by atoms with Gasteiger partial charge in [-0.3, -0.25) is 4.79 Å². The summed E-state index contributed by atoms with van der Waals surface area (Å²) in [5.41, 5.74) is 0. The summed E-state index contributed by atoms with van der Waals surface area (Å²) in [6.07, 6.45) is 5.04. The van der Waals surface area contributed by atoms with Crippen LogP contribution in [0.2, 0.25) is 0 Å². The van der Waals surface area contributed by atoms with Crippen LogP contribution in [-0.2, 0) is 9.53 Å². The monoisotopic (exact) mass is 297 g/mol. The molecule has 0 aliphatic carbocycles. The van der Waals surface area contributed by atoms with Crippen LogP contribution in [0, 0.1) is 0 Å². The van der Waals surface area contributed by atoms with Gasteiger partial charge in [0.15, 0.2) is 0 Å². The molecule has 120 valence electrons. The Balaban J connectivity index is 1.64. The lowest BCUT2D eigenvalue weighted by Crippen LogP contribution is -2.48. The van der Waals surface area contributed by atoms with Gasteiger partial charge >= 0.3 is 6.09 Å². The number of likely N-dealkylation sites (tertiary alicyclic amines) is 2. The lowest BCUT2D eigenvalue weighted by molar-refractivity contribution is -0.131. The predicted octanol–water partition coefficient (Wildman–Crippen LogP) is 1.21. The van der Waals surface area contributed by atoms with E-state index >= 15 is 0 Å². The smallest absolute Gasteiger partial charge is 0.409 e. The van der Waals surface area contributed by atoms with Crippen LogP contribution in [0.4, 0.5) is 4.79 Å². The summed E-state index contributed by atoms with van der Waals surface area (Å²) in [4.78, 5) is 27.4. The van der Waals surface area contributed by atoms with E-state index in [-0.39, 0.29) is 12.0 Å². The van der Waals surface area contributed by atoms with E-state index in [4.69, 9.17) is 4.74 Å². The van der Waals surface area contributed by atoms with Crippen molar-refractivity contribution in [3.8, 4) is 0 Å². The summed E-state index contributed by atoms with van der Waals surface area (Å²) in [6, 6.07) is 0.324. The van der Waals surface area contributed by atoms with E-state index in [0.717, 1.165) is 38.8 Å². The highest BCUT2D eigenvalue weighted by Gasteiger charge is 2.24. The maximum absolute atomic E-state index is 12.1. The Hall–Kier alpha value is -1.30. The molecule has 6 nitrogen and oxygen atoms in total. The maximum atomic E-state index is 12.1. The topological polar surface area (TPSA) is 61.9 Å². The second-order valence-corrected chi connectivity index (χ2v) is 5.78. The van der Waals surface area contributed by atoms with Crippen molar-refractivity contribution < 1.29 is 14.3 Å². The van der Waals surface area contributed by atoms with Gasteiger partial charge in [-0.1, -0.05) is 0 Å². The minimum Gasteiger partial charge on any atom is -0.450 e. The van der Waals surface area contributed by atoms with E-state index in [1.165, 1.54) is 6.42 Å². The predicted molar refractivity (Wildman–Crippen MR) is 80.1 cm³/mol. The van der Waals surface area contributed by atoms with Crippen molar-refractivity contribution in [2.75, 3.05) is 39.3 Å². The van der Waals surface area contributed by atoms with Gasteiger partial charge in [0, 0.05) is 32.2 Å². The van der Waals surface area contributed by atoms with Crippen LogP contribution in [0.5, 0.6) is 0 Å². The molecule has 6 heteroatoms. The average molecular weight is 297 g/mol. The number of nitrogens with one attached hydrogen (secondary N) is 1. The number of hydrogen-bond donors (Lipinski definition) is 1. The van der Waals surface area contributed by atoms with Crippen molar-refractivity contribution in [2.24, 2.45) is 0 Å². The molecular formula is C15H27N3O3. The number of hydrogen-bond acceptors (Lipinski definition) is 4. The fourth-order valence-corrected chi connectivity index (χ4v) is 2.97. The van der Waals surface area contributed by atoms with Crippen LogP contribution in [0.25, 0.3) is 0 Å². The Morgan fingerprint density at radius 3 is 2.33 bits per heavy atom. The molecule has 2 aliphatic heterocycles. The van der Waals surface area contributed by atoms with Crippen LogP contribution >= 0.6 is 0 Å². The molecule has 0 bridgehead atoms. The number of ether oxygens (including phenoxy) is 1. The molecule has 21 heavy (non-hydrogen) atoms. The molecule has 0 spiro atoms. The van der Waals surface area contributed by atoms with Gasteiger partial charge in [-0.25, -0.2) is 4.79 Å². The highest BCUT2D eigenvalue weighted by atomic mass is 16.6. The minimum absolute atomic E-state index is 0.211. The summed E-state index contributed by atoms with van der Waals surface area (Å²) < 4.78 is 5.00. The Bertz CT molecular complexity index is 348. The summed E-state index contributed by atoms with van der Waals surface area (Å²) >= 11 is 0. The van der Waals surface area contributed by atoms with Gasteiger partial charge in [0.1, 0.15) is 0 Å². The summed E-state index contributed by atoms with van der Waals surface area (Å²) in [6.45, 7) is 5.87. The van der Waals surface area contributed by atoms with Crippen LogP contribution < -0.4 is 5.32 Å². The number of piperidine rings is 2. The van der Waals surface area contributed by atoms with E-state index in [9.17, 15) is 9.59 Å². The Morgan fingerprint density at radius 1 is 1.05 bits per heavy atom. The molecule has 0 radical (unpaired) electrons. The van der Waals surface area contributed by atoms with Crippen LogP contribution in [0.1, 0.15) is 39.0 Å². The molecule has 2 aliphatic rings. The highest BCUT2D eigenvalue weighted by molar-refractivity contribution is 5.78. The number of carbonyl (C=O) groups excluding carboxylic acids is 2. The van der Waals surface area contributed by atoms with Gasteiger partial charge in [0.2, 0.25) is 5.91 Å². The third-order valence-corrected chi connectivity index (χ3v) is 4.27. The van der Waals surface area contributed by atoms with Crippen molar-refractivity contribution in [1.82, 2.24) is 15.1 Å². The summed E-state index contributed by atoms with van der Waals surface area (Å²) in [5, 5.41) is 3.34. The molecule has 0 atom stereocenters. The third-order valence-electron chi connectivity index (χ3n) is 4.27. The van der Waals surface area contributed by atoms with Gasteiger partial charge in [-0.2, -0.15) is 0 Å². The molecule has 0 aromatic heterocycles. The van der Waals surface area contributed by atoms with Crippen molar-refractivity contribution in [3.63, 3.8) is 0 Å². The molecule has 0 unspecified atom stereocenters. The second-order valence-electron chi connectivity index (χ2n) is 5.78. The highest BCUT2D eigenvalue weighted by Crippen LogP contribution is 2.12. The molecular weight excluding hydrogens is 270 g/mol. The molecule has 2 fully saturated rings. The molecule has 2 heterocycles. The summed E-state index contributed by atoms with van der Waals surface area (Å²) in [7, 11) is 0.